The molecule has 0 aliphatic heterocycles. The molecule has 1 atom stereocenters. The van der Waals surface area contributed by atoms with Crippen LogP contribution in [0.2, 0.25) is 0 Å². The van der Waals surface area contributed by atoms with Crippen LogP contribution in [0.3, 0.4) is 0 Å². The Hall–Kier alpha value is -1.06. The van der Waals surface area contributed by atoms with E-state index in [0.29, 0.717) is 18.7 Å². The smallest absolute Gasteiger partial charge is 0.120 e. The van der Waals surface area contributed by atoms with Gasteiger partial charge in [-0.2, -0.15) is 0 Å². The lowest BCUT2D eigenvalue weighted by Crippen LogP contribution is -2.11. The molecule has 84 valence electrons. The van der Waals surface area contributed by atoms with Gasteiger partial charge in [0.2, 0.25) is 0 Å². The number of phenols is 1. The maximum absolute atomic E-state index is 9.63. The molecule has 0 aromatic heterocycles. The number of hydrogen-bond acceptors (Lipinski definition) is 3. The molecule has 0 radical (unpaired) electrons. The number of aliphatic hydroxyl groups excluding tert-OH is 1. The molecule has 0 bridgehead atoms. The van der Waals surface area contributed by atoms with Crippen LogP contribution in [-0.2, 0) is 13.0 Å². The molecule has 0 aliphatic rings. The number of aromatic hydroxyl groups is 1. The van der Waals surface area contributed by atoms with Gasteiger partial charge in [-0.15, -0.1) is 0 Å². The molecule has 2 N–H and O–H groups in total. The van der Waals surface area contributed by atoms with E-state index in [-0.39, 0.29) is 6.10 Å². The van der Waals surface area contributed by atoms with E-state index >= 15 is 0 Å². The number of rotatable bonds is 4. The molecular formula is C12H19NO2. The molecule has 1 aromatic rings. The van der Waals surface area contributed by atoms with Crippen LogP contribution >= 0.6 is 0 Å². The first-order chi connectivity index (χ1) is 6.99. The van der Waals surface area contributed by atoms with Gasteiger partial charge in [0, 0.05) is 12.1 Å². The summed E-state index contributed by atoms with van der Waals surface area (Å²) in [6.45, 7) is 2.47. The lowest BCUT2D eigenvalue weighted by Gasteiger charge is -2.13. The monoisotopic (exact) mass is 209 g/mol. The first kappa shape index (κ1) is 12.0. The fourth-order valence-electron chi connectivity index (χ4n) is 1.57. The highest BCUT2D eigenvalue weighted by Gasteiger charge is 2.05. The van der Waals surface area contributed by atoms with Gasteiger partial charge in [-0.3, -0.25) is 0 Å². The van der Waals surface area contributed by atoms with Crippen molar-refractivity contribution < 1.29 is 10.2 Å². The molecule has 0 aliphatic carbocycles. The van der Waals surface area contributed by atoms with Gasteiger partial charge in [0.1, 0.15) is 5.75 Å². The third-order valence-corrected chi connectivity index (χ3v) is 2.16. The van der Waals surface area contributed by atoms with Gasteiger partial charge in [0.05, 0.1) is 6.10 Å². The number of benzene rings is 1. The van der Waals surface area contributed by atoms with E-state index in [9.17, 15) is 10.2 Å². The molecule has 0 saturated heterocycles. The Morgan fingerprint density at radius 2 is 2.00 bits per heavy atom. The highest BCUT2D eigenvalue weighted by molar-refractivity contribution is 5.36. The summed E-state index contributed by atoms with van der Waals surface area (Å²) < 4.78 is 0. The highest BCUT2D eigenvalue weighted by atomic mass is 16.3. The Morgan fingerprint density at radius 3 is 2.53 bits per heavy atom. The largest absolute Gasteiger partial charge is 0.508 e. The zero-order chi connectivity index (χ0) is 11.4. The summed E-state index contributed by atoms with van der Waals surface area (Å²) in [6.07, 6.45) is 0.280. The molecular weight excluding hydrogens is 190 g/mol. The Morgan fingerprint density at radius 1 is 1.33 bits per heavy atom. The van der Waals surface area contributed by atoms with E-state index in [2.05, 4.69) is 0 Å². The zero-order valence-electron chi connectivity index (χ0n) is 9.57. The predicted molar refractivity (Wildman–Crippen MR) is 60.9 cm³/mol. The van der Waals surface area contributed by atoms with Gasteiger partial charge in [0.15, 0.2) is 0 Å². The molecule has 0 amide bonds. The van der Waals surface area contributed by atoms with Crippen molar-refractivity contribution in [2.45, 2.75) is 26.0 Å². The van der Waals surface area contributed by atoms with Crippen molar-refractivity contribution in [1.82, 2.24) is 4.90 Å². The minimum absolute atomic E-state index is 0.318. The van der Waals surface area contributed by atoms with E-state index < -0.39 is 0 Å². The Labute approximate surface area is 91.0 Å². The van der Waals surface area contributed by atoms with Gasteiger partial charge in [-0.05, 0) is 39.1 Å². The summed E-state index contributed by atoms with van der Waals surface area (Å²) >= 11 is 0. The summed E-state index contributed by atoms with van der Waals surface area (Å²) in [6, 6.07) is 5.49. The summed E-state index contributed by atoms with van der Waals surface area (Å²) in [5, 5.41) is 18.9. The minimum Gasteiger partial charge on any atom is -0.508 e. The molecule has 0 saturated carbocycles. The lowest BCUT2D eigenvalue weighted by atomic mass is 10.0. The fraction of sp³-hybridized carbons (Fsp3) is 0.500. The van der Waals surface area contributed by atoms with E-state index in [0.717, 1.165) is 11.1 Å². The second-order valence-corrected chi connectivity index (χ2v) is 4.25. The quantitative estimate of drug-likeness (QED) is 0.787. The van der Waals surface area contributed by atoms with Gasteiger partial charge in [-0.1, -0.05) is 12.1 Å². The Kier molecular flexibility index (Phi) is 4.12. The minimum atomic E-state index is -0.346. The average molecular weight is 209 g/mol. The maximum atomic E-state index is 9.63. The zero-order valence-corrected chi connectivity index (χ0v) is 9.57. The predicted octanol–water partition coefficient (Wildman–Crippen LogP) is 1.38. The van der Waals surface area contributed by atoms with Crippen LogP contribution in [-0.4, -0.2) is 35.3 Å². The molecule has 0 spiro atoms. The van der Waals surface area contributed by atoms with Gasteiger partial charge in [0.25, 0.3) is 0 Å². The van der Waals surface area contributed by atoms with Crippen molar-refractivity contribution in [2.75, 3.05) is 14.1 Å². The normalized spacial score (nSPS) is 13.1. The van der Waals surface area contributed by atoms with E-state index in [4.69, 9.17) is 0 Å². The SMILES string of the molecule is CC(O)Cc1ccc(O)c(CN(C)C)c1. The van der Waals surface area contributed by atoms with Crippen LogP contribution < -0.4 is 0 Å². The summed E-state index contributed by atoms with van der Waals surface area (Å²) in [4.78, 5) is 2.00. The Balaban J connectivity index is 2.85. The third kappa shape index (κ3) is 3.90. The van der Waals surface area contributed by atoms with Crippen LogP contribution in [0.15, 0.2) is 18.2 Å². The number of phenolic OH excluding ortho intramolecular Hbond substituents is 1. The van der Waals surface area contributed by atoms with E-state index in [1.54, 1.807) is 13.0 Å². The first-order valence-corrected chi connectivity index (χ1v) is 5.12. The maximum Gasteiger partial charge on any atom is 0.120 e. The Bertz CT molecular complexity index is 321. The second-order valence-electron chi connectivity index (χ2n) is 4.25. The van der Waals surface area contributed by atoms with E-state index in [1.165, 1.54) is 0 Å². The van der Waals surface area contributed by atoms with Crippen molar-refractivity contribution in [3.63, 3.8) is 0 Å². The van der Waals surface area contributed by atoms with Crippen molar-refractivity contribution in [2.24, 2.45) is 0 Å². The first-order valence-electron chi connectivity index (χ1n) is 5.12. The molecule has 1 rings (SSSR count). The number of hydrogen-bond donors (Lipinski definition) is 2. The van der Waals surface area contributed by atoms with Crippen molar-refractivity contribution in [3.8, 4) is 5.75 Å². The highest BCUT2D eigenvalue weighted by Crippen LogP contribution is 2.20. The molecule has 1 aromatic carbocycles. The summed E-state index contributed by atoms with van der Waals surface area (Å²) in [5.74, 6) is 0.318. The molecule has 15 heavy (non-hydrogen) atoms. The standard InChI is InChI=1S/C12H19NO2/c1-9(14)6-10-4-5-12(15)11(7-10)8-13(2)3/h4-5,7,9,14-15H,6,8H2,1-3H3. The van der Waals surface area contributed by atoms with Crippen molar-refractivity contribution in [3.05, 3.63) is 29.3 Å². The van der Waals surface area contributed by atoms with Crippen LogP contribution in [0.4, 0.5) is 0 Å². The van der Waals surface area contributed by atoms with Crippen LogP contribution in [0.25, 0.3) is 0 Å². The molecule has 3 heteroatoms. The van der Waals surface area contributed by atoms with Crippen molar-refractivity contribution in [1.29, 1.82) is 0 Å². The number of aliphatic hydroxyl groups is 1. The van der Waals surface area contributed by atoms with Crippen LogP contribution in [0, 0.1) is 0 Å². The van der Waals surface area contributed by atoms with Crippen LogP contribution in [0.5, 0.6) is 5.75 Å². The molecule has 3 nitrogen and oxygen atoms in total. The molecule has 0 heterocycles. The molecule has 0 fully saturated rings. The average Bonchev–Trinajstić information content (AvgIpc) is 2.09. The molecule has 1 unspecified atom stereocenters. The fourth-order valence-corrected chi connectivity index (χ4v) is 1.57. The summed E-state index contributed by atoms with van der Waals surface area (Å²) in [7, 11) is 3.92. The van der Waals surface area contributed by atoms with Crippen LogP contribution in [0.1, 0.15) is 18.1 Å². The lowest BCUT2D eigenvalue weighted by molar-refractivity contribution is 0.195. The van der Waals surface area contributed by atoms with Gasteiger partial charge in [-0.25, -0.2) is 0 Å². The second kappa shape index (κ2) is 5.14. The van der Waals surface area contributed by atoms with E-state index in [1.807, 2.05) is 31.1 Å². The van der Waals surface area contributed by atoms with Gasteiger partial charge >= 0.3 is 0 Å². The van der Waals surface area contributed by atoms with Gasteiger partial charge < -0.3 is 15.1 Å². The summed E-state index contributed by atoms with van der Waals surface area (Å²) in [5.41, 5.74) is 1.96. The topological polar surface area (TPSA) is 43.7 Å². The van der Waals surface area contributed by atoms with Crippen molar-refractivity contribution >= 4 is 0 Å². The number of nitrogens with zero attached hydrogens (tertiary/aromatic N) is 1. The third-order valence-electron chi connectivity index (χ3n) is 2.16.